The van der Waals surface area contributed by atoms with Gasteiger partial charge in [-0.2, -0.15) is 5.10 Å². The van der Waals surface area contributed by atoms with E-state index in [1.807, 2.05) is 19.0 Å². The lowest BCUT2D eigenvalue weighted by molar-refractivity contribution is -0.119. The maximum Gasteiger partial charge on any atom is 0.356 e. The fraction of sp³-hybridized carbons (Fsp3) is 0.529. The summed E-state index contributed by atoms with van der Waals surface area (Å²) in [6.45, 7) is 1.17. The number of likely N-dealkylation sites (tertiary alicyclic amines) is 1. The van der Waals surface area contributed by atoms with Crippen molar-refractivity contribution >= 4 is 18.2 Å². The Bertz CT molecular complexity index is 742. The molecule has 25 heavy (non-hydrogen) atoms. The van der Waals surface area contributed by atoms with E-state index in [0.717, 1.165) is 6.41 Å². The minimum Gasteiger partial charge on any atom is -0.476 e. The van der Waals surface area contributed by atoms with E-state index in [2.05, 4.69) is 5.10 Å². The molecule has 8 nitrogen and oxygen atoms in total. The first-order valence-electron chi connectivity index (χ1n) is 8.38. The summed E-state index contributed by atoms with van der Waals surface area (Å²) in [4.78, 5) is 38.9. The van der Waals surface area contributed by atoms with Crippen LogP contribution >= 0.6 is 0 Å². The number of carboxylic acids is 1. The smallest absolute Gasteiger partial charge is 0.356 e. The minimum atomic E-state index is -1.10. The average molecular weight is 346 g/mol. The van der Waals surface area contributed by atoms with E-state index in [1.54, 1.807) is 15.8 Å². The zero-order valence-corrected chi connectivity index (χ0v) is 14.4. The summed E-state index contributed by atoms with van der Waals surface area (Å²) in [5.74, 6) is -1.25. The van der Waals surface area contributed by atoms with Crippen LogP contribution in [0.5, 0.6) is 0 Å². The molecule has 1 aromatic rings. The summed E-state index contributed by atoms with van der Waals surface area (Å²) >= 11 is 0. The summed E-state index contributed by atoms with van der Waals surface area (Å²) in [7, 11) is 3.70. The SMILES string of the molecule is CN(C)C=C1CCc2c(C(=O)O)nn(C3CCN(C=O)CC3)c2C1=O. The average Bonchev–Trinajstić information content (AvgIpc) is 2.98. The van der Waals surface area contributed by atoms with Crippen molar-refractivity contribution in [3.63, 3.8) is 0 Å². The zero-order valence-electron chi connectivity index (χ0n) is 14.4. The number of carbonyl (C=O) groups is 3. The number of carbonyl (C=O) groups excluding carboxylic acids is 2. The van der Waals surface area contributed by atoms with Crippen molar-refractivity contribution in [3.05, 3.63) is 28.7 Å². The zero-order chi connectivity index (χ0) is 18.1. The first-order valence-corrected chi connectivity index (χ1v) is 8.38. The molecule has 0 unspecified atom stereocenters. The minimum absolute atomic E-state index is 0.0231. The quantitative estimate of drug-likeness (QED) is 0.644. The number of aromatic carboxylic acids is 1. The van der Waals surface area contributed by atoms with Crippen LogP contribution in [-0.4, -0.2) is 70.0 Å². The second kappa shape index (κ2) is 6.70. The van der Waals surface area contributed by atoms with E-state index < -0.39 is 5.97 Å². The van der Waals surface area contributed by atoms with Crippen molar-refractivity contribution in [2.75, 3.05) is 27.2 Å². The van der Waals surface area contributed by atoms with Gasteiger partial charge in [-0.1, -0.05) is 0 Å². The third-order valence-electron chi connectivity index (χ3n) is 4.77. The molecule has 134 valence electrons. The molecule has 1 saturated heterocycles. The first-order chi connectivity index (χ1) is 11.9. The molecule has 0 saturated carbocycles. The van der Waals surface area contributed by atoms with Crippen LogP contribution in [0.25, 0.3) is 0 Å². The van der Waals surface area contributed by atoms with Crippen molar-refractivity contribution < 1.29 is 19.5 Å². The van der Waals surface area contributed by atoms with Gasteiger partial charge >= 0.3 is 5.97 Å². The van der Waals surface area contributed by atoms with Crippen molar-refractivity contribution in [1.29, 1.82) is 0 Å². The van der Waals surface area contributed by atoms with E-state index in [4.69, 9.17) is 0 Å². The highest BCUT2D eigenvalue weighted by molar-refractivity contribution is 6.11. The number of aromatic nitrogens is 2. The maximum absolute atomic E-state index is 13.0. The topological polar surface area (TPSA) is 95.7 Å². The molecule has 1 aliphatic carbocycles. The van der Waals surface area contributed by atoms with Crippen LogP contribution in [0.3, 0.4) is 0 Å². The summed E-state index contributed by atoms with van der Waals surface area (Å²) in [5.41, 5.74) is 1.58. The molecule has 1 aromatic heterocycles. The molecular weight excluding hydrogens is 324 g/mol. The predicted molar refractivity (Wildman–Crippen MR) is 89.5 cm³/mol. The Morgan fingerprint density at radius 2 is 1.96 bits per heavy atom. The lowest BCUT2D eigenvalue weighted by atomic mass is 9.90. The van der Waals surface area contributed by atoms with Crippen LogP contribution in [0.2, 0.25) is 0 Å². The van der Waals surface area contributed by atoms with E-state index in [9.17, 15) is 19.5 Å². The summed E-state index contributed by atoms with van der Waals surface area (Å²) < 4.78 is 1.60. The Morgan fingerprint density at radius 1 is 1.28 bits per heavy atom. The van der Waals surface area contributed by atoms with Gasteiger partial charge in [0.05, 0.1) is 6.04 Å². The lowest BCUT2D eigenvalue weighted by Gasteiger charge is -2.30. The molecule has 3 rings (SSSR count). The second-order valence-corrected chi connectivity index (χ2v) is 6.75. The first kappa shape index (κ1) is 17.2. The number of nitrogens with zero attached hydrogens (tertiary/aromatic N) is 4. The fourth-order valence-electron chi connectivity index (χ4n) is 3.58. The number of amides is 1. The molecule has 1 aliphatic heterocycles. The standard InChI is InChI=1S/C17H22N4O4/c1-19(2)9-11-3-4-13-14(17(24)25)18-21(15(13)16(11)23)12-5-7-20(10-22)8-6-12/h9-10,12H,3-8H2,1-2H3,(H,24,25). The van der Waals surface area contributed by atoms with Crippen LogP contribution in [-0.2, 0) is 11.2 Å². The van der Waals surface area contributed by atoms with Gasteiger partial charge in [-0.05, 0) is 25.7 Å². The highest BCUT2D eigenvalue weighted by atomic mass is 16.4. The van der Waals surface area contributed by atoms with Crippen molar-refractivity contribution in [2.24, 2.45) is 0 Å². The van der Waals surface area contributed by atoms with Gasteiger partial charge < -0.3 is 14.9 Å². The summed E-state index contributed by atoms with van der Waals surface area (Å²) in [5, 5.41) is 13.7. The lowest BCUT2D eigenvalue weighted by Crippen LogP contribution is -2.35. The van der Waals surface area contributed by atoms with Crippen molar-refractivity contribution in [3.8, 4) is 0 Å². The molecule has 2 heterocycles. The molecule has 1 N–H and O–H groups in total. The van der Waals surface area contributed by atoms with Crippen molar-refractivity contribution in [1.82, 2.24) is 19.6 Å². The number of ketones is 1. The maximum atomic E-state index is 13.0. The molecule has 8 heteroatoms. The molecule has 0 radical (unpaired) electrons. The number of hydrogen-bond acceptors (Lipinski definition) is 5. The predicted octanol–water partition coefficient (Wildman–Crippen LogP) is 0.949. The van der Waals surface area contributed by atoms with Gasteiger partial charge in [-0.15, -0.1) is 0 Å². The largest absolute Gasteiger partial charge is 0.476 e. The Hall–Kier alpha value is -2.64. The van der Waals surface area contributed by atoms with E-state index in [1.165, 1.54) is 0 Å². The number of rotatable bonds is 4. The van der Waals surface area contributed by atoms with Crippen molar-refractivity contribution in [2.45, 2.75) is 31.7 Å². The molecule has 2 aliphatic rings. The molecule has 0 aromatic carbocycles. The molecule has 1 amide bonds. The third-order valence-corrected chi connectivity index (χ3v) is 4.77. The summed E-state index contributed by atoms with van der Waals surface area (Å²) in [6.07, 6.45) is 4.94. The molecular formula is C17H22N4O4. The number of piperidine rings is 1. The third kappa shape index (κ3) is 3.16. The Kier molecular flexibility index (Phi) is 4.61. The Labute approximate surface area is 145 Å². The van der Waals surface area contributed by atoms with Gasteiger partial charge in [0, 0.05) is 44.5 Å². The van der Waals surface area contributed by atoms with Crippen LogP contribution in [0.15, 0.2) is 11.8 Å². The number of Topliss-reactive ketones (excluding diaryl/α,β-unsaturated/α-hetero) is 1. The Balaban J connectivity index is 2.01. The van der Waals surface area contributed by atoms with Crippen LogP contribution < -0.4 is 0 Å². The molecule has 1 fully saturated rings. The van der Waals surface area contributed by atoms with E-state index >= 15 is 0 Å². The second-order valence-electron chi connectivity index (χ2n) is 6.75. The molecule has 0 spiro atoms. The van der Waals surface area contributed by atoms with E-state index in [0.29, 0.717) is 55.6 Å². The number of hydrogen-bond donors (Lipinski definition) is 1. The molecule has 0 atom stereocenters. The highest BCUT2D eigenvalue weighted by Gasteiger charge is 2.35. The number of carboxylic acid groups (broad SMARTS) is 1. The van der Waals surface area contributed by atoms with Crippen LogP contribution in [0.1, 0.15) is 51.8 Å². The normalized spacial score (nSPS) is 19.8. The summed E-state index contributed by atoms with van der Waals surface area (Å²) in [6, 6.07) is -0.0688. The monoisotopic (exact) mass is 346 g/mol. The van der Waals surface area contributed by atoms with Gasteiger partial charge in [-0.25, -0.2) is 4.79 Å². The number of fused-ring (bicyclic) bond motifs is 1. The number of allylic oxidation sites excluding steroid dienone is 1. The fourth-order valence-corrected chi connectivity index (χ4v) is 3.58. The van der Waals surface area contributed by atoms with Gasteiger partial charge in [0.2, 0.25) is 12.2 Å². The van der Waals surface area contributed by atoms with Crippen LogP contribution in [0.4, 0.5) is 0 Å². The van der Waals surface area contributed by atoms with Crippen LogP contribution in [0, 0.1) is 0 Å². The van der Waals surface area contributed by atoms with Gasteiger partial charge in [0.25, 0.3) is 0 Å². The molecule has 0 bridgehead atoms. The Morgan fingerprint density at radius 3 is 2.52 bits per heavy atom. The van der Waals surface area contributed by atoms with Gasteiger partial charge in [0.15, 0.2) is 5.69 Å². The van der Waals surface area contributed by atoms with E-state index in [-0.39, 0.29) is 17.5 Å². The highest BCUT2D eigenvalue weighted by Crippen LogP contribution is 2.32. The van der Waals surface area contributed by atoms with Gasteiger partial charge in [0.1, 0.15) is 5.69 Å². The van der Waals surface area contributed by atoms with Gasteiger partial charge in [-0.3, -0.25) is 14.3 Å².